The van der Waals surface area contributed by atoms with E-state index >= 15 is 0 Å². The van der Waals surface area contributed by atoms with Gasteiger partial charge in [0.1, 0.15) is 5.75 Å². The number of ketones is 1. The number of carbonyl (C=O) groups is 3. The maximum Gasteiger partial charge on any atom is 0.306 e. The lowest BCUT2D eigenvalue weighted by Gasteiger charge is -2.14. The predicted octanol–water partition coefficient (Wildman–Crippen LogP) is 4.15. The highest BCUT2D eigenvalue weighted by Gasteiger charge is 2.33. The molecule has 1 aliphatic rings. The van der Waals surface area contributed by atoms with Crippen LogP contribution in [0.3, 0.4) is 0 Å². The molecule has 2 aromatic rings. The Morgan fingerprint density at radius 2 is 1.79 bits per heavy atom. The summed E-state index contributed by atoms with van der Waals surface area (Å²) in [5.74, 6) is -0.629. The number of nitrogens with zero attached hydrogens (tertiary/aromatic N) is 1. The number of thioether (sulfide) groups is 1. The molecule has 0 spiro atoms. The molecule has 1 heterocycles. The fraction of sp³-hybridized carbons (Fsp3) is 0.143. The third kappa shape index (κ3) is 5.10. The van der Waals surface area contributed by atoms with Crippen molar-refractivity contribution in [1.29, 1.82) is 0 Å². The van der Waals surface area contributed by atoms with Gasteiger partial charge in [-0.1, -0.05) is 36.1 Å². The van der Waals surface area contributed by atoms with Crippen LogP contribution in [0.25, 0.3) is 6.08 Å². The fourth-order valence-corrected chi connectivity index (χ4v) is 3.90. The molecule has 2 aromatic carbocycles. The molecule has 0 atom stereocenters. The lowest BCUT2D eigenvalue weighted by molar-refractivity contribution is -0.137. The minimum atomic E-state index is -0.917. The van der Waals surface area contributed by atoms with Gasteiger partial charge in [-0.3, -0.25) is 19.3 Å². The summed E-state index contributed by atoms with van der Waals surface area (Å²) < 4.78 is 5.78. The van der Waals surface area contributed by atoms with E-state index in [1.807, 2.05) is 0 Å². The lowest BCUT2D eigenvalue weighted by atomic mass is 10.1. The van der Waals surface area contributed by atoms with Crippen molar-refractivity contribution >= 4 is 57.7 Å². The molecule has 0 unspecified atom stereocenters. The van der Waals surface area contributed by atoms with E-state index in [1.54, 1.807) is 54.6 Å². The van der Waals surface area contributed by atoms with E-state index in [0.29, 0.717) is 26.2 Å². The summed E-state index contributed by atoms with van der Waals surface area (Å²) in [4.78, 5) is 36.7. The Bertz CT molecular complexity index is 997. The molecule has 8 heteroatoms. The van der Waals surface area contributed by atoms with Gasteiger partial charge in [-0.05, 0) is 55.0 Å². The molecule has 1 fully saturated rings. The van der Waals surface area contributed by atoms with E-state index in [0.717, 1.165) is 5.56 Å². The van der Waals surface area contributed by atoms with Gasteiger partial charge in [0.05, 0.1) is 23.6 Å². The van der Waals surface area contributed by atoms with Crippen molar-refractivity contribution in [3.8, 4) is 5.75 Å². The van der Waals surface area contributed by atoms with Crippen LogP contribution < -0.4 is 9.64 Å². The minimum Gasteiger partial charge on any atom is -0.493 e. The quantitative estimate of drug-likeness (QED) is 0.404. The zero-order chi connectivity index (χ0) is 21.0. The van der Waals surface area contributed by atoms with E-state index < -0.39 is 5.97 Å². The first-order valence-electron chi connectivity index (χ1n) is 8.69. The maximum absolute atomic E-state index is 12.8. The number of ether oxygens (including phenoxy) is 1. The van der Waals surface area contributed by atoms with Gasteiger partial charge in [-0.15, -0.1) is 0 Å². The molecule has 0 saturated carbocycles. The number of Topliss-reactive ketones (excluding diaryl/α,β-unsaturated/α-hetero) is 1. The molecule has 148 valence electrons. The number of benzene rings is 2. The van der Waals surface area contributed by atoms with Crippen LogP contribution in [0.1, 0.15) is 29.3 Å². The number of thiocarbonyl (C=S) groups is 1. The summed E-state index contributed by atoms with van der Waals surface area (Å²) in [5, 5.41) is 8.63. The van der Waals surface area contributed by atoms with Crippen LogP contribution >= 0.6 is 24.0 Å². The number of amides is 1. The van der Waals surface area contributed by atoms with E-state index in [4.69, 9.17) is 22.1 Å². The number of carbonyl (C=O) groups excluding carboxylic acids is 2. The summed E-state index contributed by atoms with van der Waals surface area (Å²) in [6.45, 7) is 1.58. The number of hydrogen-bond donors (Lipinski definition) is 1. The van der Waals surface area contributed by atoms with Gasteiger partial charge in [0.15, 0.2) is 10.1 Å². The van der Waals surface area contributed by atoms with Gasteiger partial charge in [0, 0.05) is 5.56 Å². The number of hydrogen-bond acceptors (Lipinski definition) is 6. The van der Waals surface area contributed by atoms with Crippen molar-refractivity contribution in [2.75, 3.05) is 11.5 Å². The molecule has 6 nitrogen and oxygen atoms in total. The summed E-state index contributed by atoms with van der Waals surface area (Å²) in [5.41, 5.74) is 1.98. The van der Waals surface area contributed by atoms with Crippen LogP contribution in [0.5, 0.6) is 5.75 Å². The molecular weight excluding hydrogens is 410 g/mol. The van der Waals surface area contributed by atoms with Crippen LogP contribution in [0.15, 0.2) is 53.4 Å². The first kappa shape index (κ1) is 20.8. The Kier molecular flexibility index (Phi) is 6.46. The highest BCUT2D eigenvalue weighted by atomic mass is 32.2. The molecule has 1 saturated heterocycles. The third-order valence-corrected chi connectivity index (χ3v) is 5.39. The smallest absolute Gasteiger partial charge is 0.306 e. The van der Waals surface area contributed by atoms with E-state index in [-0.39, 0.29) is 24.7 Å². The Hall–Kier alpha value is -2.97. The van der Waals surface area contributed by atoms with Gasteiger partial charge in [-0.25, -0.2) is 0 Å². The van der Waals surface area contributed by atoms with E-state index in [1.165, 1.54) is 23.6 Å². The van der Waals surface area contributed by atoms with Crippen molar-refractivity contribution in [1.82, 2.24) is 0 Å². The molecule has 1 amide bonds. The molecule has 1 aliphatic heterocycles. The van der Waals surface area contributed by atoms with Crippen molar-refractivity contribution in [2.45, 2.75) is 13.3 Å². The Labute approximate surface area is 177 Å². The third-order valence-electron chi connectivity index (χ3n) is 4.09. The van der Waals surface area contributed by atoms with Gasteiger partial charge < -0.3 is 9.84 Å². The van der Waals surface area contributed by atoms with Crippen LogP contribution in [0, 0.1) is 0 Å². The number of aliphatic carboxylic acids is 1. The average Bonchev–Trinajstić information content (AvgIpc) is 2.96. The standard InChI is InChI=1S/C21H17NO5S2/c1-13(23)15-4-6-16(7-5-15)22-20(26)18(29-21(22)28)12-14-2-8-17(9-3-14)27-11-10-19(24)25/h2-9,12H,10-11H2,1H3,(H,24,25)/b18-12+. The first-order valence-corrected chi connectivity index (χ1v) is 9.91. The summed E-state index contributed by atoms with van der Waals surface area (Å²) in [6, 6.07) is 13.7. The summed E-state index contributed by atoms with van der Waals surface area (Å²) >= 11 is 6.57. The molecule has 0 aromatic heterocycles. The molecular formula is C21H17NO5S2. The minimum absolute atomic E-state index is 0.0442. The predicted molar refractivity (Wildman–Crippen MR) is 116 cm³/mol. The fourth-order valence-electron chi connectivity index (χ4n) is 2.60. The zero-order valence-electron chi connectivity index (χ0n) is 15.5. The van der Waals surface area contributed by atoms with Gasteiger partial charge >= 0.3 is 5.97 Å². The van der Waals surface area contributed by atoms with Gasteiger partial charge in [0.2, 0.25) is 0 Å². The molecule has 0 radical (unpaired) electrons. The second-order valence-electron chi connectivity index (χ2n) is 6.18. The lowest BCUT2D eigenvalue weighted by Crippen LogP contribution is -2.27. The highest BCUT2D eigenvalue weighted by Crippen LogP contribution is 2.36. The molecule has 29 heavy (non-hydrogen) atoms. The number of anilines is 1. The summed E-state index contributed by atoms with van der Waals surface area (Å²) in [7, 11) is 0. The van der Waals surface area contributed by atoms with Crippen LogP contribution in [-0.2, 0) is 9.59 Å². The average molecular weight is 428 g/mol. The summed E-state index contributed by atoms with van der Waals surface area (Å²) in [6.07, 6.45) is 1.67. The molecule has 0 bridgehead atoms. The van der Waals surface area contributed by atoms with Crippen LogP contribution in [0.4, 0.5) is 5.69 Å². The topological polar surface area (TPSA) is 83.9 Å². The number of carboxylic acid groups (broad SMARTS) is 1. The monoisotopic (exact) mass is 427 g/mol. The van der Waals surface area contributed by atoms with E-state index in [9.17, 15) is 14.4 Å². The van der Waals surface area contributed by atoms with Crippen molar-refractivity contribution < 1.29 is 24.2 Å². The van der Waals surface area contributed by atoms with E-state index in [2.05, 4.69) is 0 Å². The van der Waals surface area contributed by atoms with Crippen LogP contribution in [-0.4, -0.2) is 33.7 Å². The van der Waals surface area contributed by atoms with Crippen molar-refractivity contribution in [3.63, 3.8) is 0 Å². The Balaban J connectivity index is 1.72. The normalized spacial score (nSPS) is 15.1. The second kappa shape index (κ2) is 9.02. The number of rotatable bonds is 7. The Morgan fingerprint density at radius 3 is 2.38 bits per heavy atom. The largest absolute Gasteiger partial charge is 0.493 e. The molecule has 0 aliphatic carbocycles. The molecule has 1 N–H and O–H groups in total. The van der Waals surface area contributed by atoms with Crippen molar-refractivity contribution in [3.05, 3.63) is 64.6 Å². The number of carboxylic acids is 1. The van der Waals surface area contributed by atoms with Gasteiger partial charge in [-0.2, -0.15) is 0 Å². The maximum atomic E-state index is 12.8. The van der Waals surface area contributed by atoms with Crippen molar-refractivity contribution in [2.24, 2.45) is 0 Å². The van der Waals surface area contributed by atoms with Crippen LogP contribution in [0.2, 0.25) is 0 Å². The Morgan fingerprint density at radius 1 is 1.14 bits per heavy atom. The highest BCUT2D eigenvalue weighted by molar-refractivity contribution is 8.27. The molecule has 3 rings (SSSR count). The second-order valence-corrected chi connectivity index (χ2v) is 7.86. The SMILES string of the molecule is CC(=O)c1ccc(N2C(=O)/C(=C\c3ccc(OCCC(=O)O)cc3)SC2=S)cc1. The first-order chi connectivity index (χ1) is 13.8. The van der Waals surface area contributed by atoms with Gasteiger partial charge in [0.25, 0.3) is 5.91 Å². The zero-order valence-corrected chi connectivity index (χ0v) is 17.1.